The lowest BCUT2D eigenvalue weighted by Crippen LogP contribution is -2.41. The number of anilines is 1. The molecule has 0 aliphatic carbocycles. The van der Waals surface area contributed by atoms with E-state index < -0.39 is 27.4 Å². The van der Waals surface area contributed by atoms with E-state index in [9.17, 15) is 23.3 Å². The summed E-state index contributed by atoms with van der Waals surface area (Å²) in [6.07, 6.45) is 0.934. The highest BCUT2D eigenvalue weighted by atomic mass is 32.2. The minimum absolute atomic E-state index is 0.0389. The van der Waals surface area contributed by atoms with Crippen molar-refractivity contribution in [1.82, 2.24) is 5.32 Å². The van der Waals surface area contributed by atoms with E-state index in [0.29, 0.717) is 5.75 Å². The zero-order chi connectivity index (χ0) is 23.2. The molecule has 0 aromatic heterocycles. The fourth-order valence-electron chi connectivity index (χ4n) is 2.76. The molecule has 0 radical (unpaired) electrons. The highest BCUT2D eigenvalue weighted by Crippen LogP contribution is 2.24. The molecule has 0 atom stereocenters. The molecule has 0 saturated carbocycles. The van der Waals surface area contributed by atoms with Gasteiger partial charge >= 0.3 is 0 Å². The Hall–Kier alpha value is -3.14. The Morgan fingerprint density at radius 1 is 1.16 bits per heavy atom. The zero-order valence-corrected chi connectivity index (χ0v) is 18.8. The molecule has 2 aromatic carbocycles. The number of rotatable bonds is 9. The van der Waals surface area contributed by atoms with Gasteiger partial charge in [0, 0.05) is 12.1 Å². The largest absolute Gasteiger partial charge is 0.492 e. The summed E-state index contributed by atoms with van der Waals surface area (Å²) in [7, 11) is -3.83. The summed E-state index contributed by atoms with van der Waals surface area (Å²) in [5.41, 5.74) is 0.992. The molecule has 1 N–H and O–H groups in total. The Morgan fingerprint density at radius 2 is 1.81 bits per heavy atom. The van der Waals surface area contributed by atoms with Crippen LogP contribution in [-0.4, -0.2) is 45.2 Å². The molecule has 1 amide bonds. The minimum Gasteiger partial charge on any atom is -0.492 e. The molecule has 31 heavy (non-hydrogen) atoms. The van der Waals surface area contributed by atoms with Crippen LogP contribution in [0.1, 0.15) is 26.3 Å². The predicted octanol–water partition coefficient (Wildman–Crippen LogP) is 2.85. The first-order valence-electron chi connectivity index (χ1n) is 9.60. The molecular weight excluding hydrogens is 422 g/mol. The highest BCUT2D eigenvalue weighted by molar-refractivity contribution is 7.92. The van der Waals surface area contributed by atoms with Crippen molar-refractivity contribution in [3.8, 4) is 5.75 Å². The second kappa shape index (κ2) is 9.78. The fourth-order valence-corrected chi connectivity index (χ4v) is 3.61. The number of sulfonamides is 1. The van der Waals surface area contributed by atoms with Crippen molar-refractivity contribution in [1.29, 1.82) is 0 Å². The molecule has 168 valence electrons. The predicted molar refractivity (Wildman–Crippen MR) is 119 cm³/mol. The number of carbonyl (C=O) groups excluding carboxylic acids is 1. The number of nitrogens with zero attached hydrogens (tertiary/aromatic N) is 2. The number of nitrogens with one attached hydrogen (secondary N) is 1. The first kappa shape index (κ1) is 24.1. The topological polar surface area (TPSA) is 119 Å². The van der Waals surface area contributed by atoms with Gasteiger partial charge in [-0.25, -0.2) is 8.42 Å². The molecule has 0 fully saturated rings. The van der Waals surface area contributed by atoms with Crippen molar-refractivity contribution in [2.75, 3.05) is 30.3 Å². The second-order valence-corrected chi connectivity index (χ2v) is 9.93. The molecule has 0 heterocycles. The summed E-state index contributed by atoms with van der Waals surface area (Å²) < 4.78 is 30.6. The van der Waals surface area contributed by atoms with Gasteiger partial charge in [0.15, 0.2) is 0 Å². The number of non-ortho nitro benzene ring substituents is 1. The van der Waals surface area contributed by atoms with Crippen LogP contribution in [0.3, 0.4) is 0 Å². The molecule has 2 aromatic rings. The van der Waals surface area contributed by atoms with Gasteiger partial charge in [-0.1, -0.05) is 39.0 Å². The molecule has 0 aliphatic heterocycles. The highest BCUT2D eigenvalue weighted by Gasteiger charge is 2.22. The SMILES string of the molecule is CC(C)(C)c1ccc(OCCNC(=O)CN(c2cccc([N+](=O)[O-])c2)S(C)(=O)=O)cc1. The van der Waals surface area contributed by atoms with E-state index in [-0.39, 0.29) is 29.9 Å². The van der Waals surface area contributed by atoms with E-state index in [1.54, 1.807) is 0 Å². The molecule has 2 rings (SSSR count). The van der Waals surface area contributed by atoms with Gasteiger partial charge in [-0.2, -0.15) is 0 Å². The standard InChI is InChI=1S/C21H27N3O6S/c1-21(2,3)16-8-10-19(11-9-16)30-13-12-22-20(25)15-23(31(4,28)29)17-6-5-7-18(14-17)24(26)27/h5-11,14H,12-13,15H2,1-4H3,(H,22,25). The Labute approximate surface area is 182 Å². The Kier molecular flexibility index (Phi) is 7.61. The van der Waals surface area contributed by atoms with Crippen LogP contribution in [0, 0.1) is 10.1 Å². The van der Waals surface area contributed by atoms with Crippen molar-refractivity contribution < 1.29 is 22.9 Å². The van der Waals surface area contributed by atoms with Crippen LogP contribution in [-0.2, 0) is 20.2 Å². The van der Waals surface area contributed by atoms with Crippen LogP contribution in [0.5, 0.6) is 5.75 Å². The van der Waals surface area contributed by atoms with Crippen LogP contribution in [0.25, 0.3) is 0 Å². The van der Waals surface area contributed by atoms with Crippen molar-refractivity contribution in [3.05, 3.63) is 64.2 Å². The lowest BCUT2D eigenvalue weighted by Gasteiger charge is -2.21. The Balaban J connectivity index is 1.92. The fraction of sp³-hybridized carbons (Fsp3) is 0.381. The van der Waals surface area contributed by atoms with Crippen molar-refractivity contribution >= 4 is 27.3 Å². The number of nitro groups is 1. The maximum atomic E-state index is 12.3. The normalized spacial score (nSPS) is 11.6. The number of benzene rings is 2. The maximum absolute atomic E-state index is 12.3. The lowest BCUT2D eigenvalue weighted by atomic mass is 9.87. The average Bonchev–Trinajstić information content (AvgIpc) is 2.68. The number of amides is 1. The van der Waals surface area contributed by atoms with E-state index in [0.717, 1.165) is 16.6 Å². The number of nitro benzene ring substituents is 1. The van der Waals surface area contributed by atoms with Gasteiger partial charge in [0.25, 0.3) is 5.69 Å². The number of hydrogen-bond acceptors (Lipinski definition) is 6. The van der Waals surface area contributed by atoms with E-state index in [1.165, 1.54) is 23.8 Å². The first-order chi connectivity index (χ1) is 14.4. The number of hydrogen-bond donors (Lipinski definition) is 1. The summed E-state index contributed by atoms with van der Waals surface area (Å²) in [5.74, 6) is 0.111. The zero-order valence-electron chi connectivity index (χ0n) is 18.0. The molecular formula is C21H27N3O6S. The summed E-state index contributed by atoms with van der Waals surface area (Å²) >= 11 is 0. The van der Waals surface area contributed by atoms with Crippen LogP contribution >= 0.6 is 0 Å². The van der Waals surface area contributed by atoms with E-state index in [2.05, 4.69) is 26.1 Å². The van der Waals surface area contributed by atoms with Crippen LogP contribution < -0.4 is 14.4 Å². The van der Waals surface area contributed by atoms with E-state index in [1.807, 2.05) is 24.3 Å². The monoisotopic (exact) mass is 449 g/mol. The molecule has 0 saturated heterocycles. The summed E-state index contributed by atoms with van der Waals surface area (Å²) in [6, 6.07) is 12.8. The van der Waals surface area contributed by atoms with Crippen molar-refractivity contribution in [2.24, 2.45) is 0 Å². The summed E-state index contributed by atoms with van der Waals surface area (Å²) in [6.45, 7) is 6.23. The molecule has 0 aliphatic rings. The lowest BCUT2D eigenvalue weighted by molar-refractivity contribution is -0.384. The van der Waals surface area contributed by atoms with Crippen LogP contribution in [0.2, 0.25) is 0 Å². The number of ether oxygens (including phenoxy) is 1. The molecule has 0 bridgehead atoms. The quantitative estimate of drug-likeness (QED) is 0.357. The third kappa shape index (κ3) is 7.25. The third-order valence-corrected chi connectivity index (χ3v) is 5.57. The van der Waals surface area contributed by atoms with Gasteiger partial charge < -0.3 is 10.1 Å². The first-order valence-corrected chi connectivity index (χ1v) is 11.4. The second-order valence-electron chi connectivity index (χ2n) is 8.02. The van der Waals surface area contributed by atoms with Gasteiger partial charge in [-0.15, -0.1) is 0 Å². The van der Waals surface area contributed by atoms with Gasteiger partial charge in [0.2, 0.25) is 15.9 Å². The van der Waals surface area contributed by atoms with Gasteiger partial charge in [0.05, 0.1) is 23.4 Å². The Bertz CT molecular complexity index is 1030. The molecule has 9 nitrogen and oxygen atoms in total. The van der Waals surface area contributed by atoms with Gasteiger partial charge in [-0.3, -0.25) is 19.2 Å². The smallest absolute Gasteiger partial charge is 0.271 e. The summed E-state index contributed by atoms with van der Waals surface area (Å²) in [5, 5.41) is 13.5. The molecule has 10 heteroatoms. The van der Waals surface area contributed by atoms with Crippen molar-refractivity contribution in [2.45, 2.75) is 26.2 Å². The third-order valence-electron chi connectivity index (χ3n) is 4.43. The van der Waals surface area contributed by atoms with Crippen LogP contribution in [0.15, 0.2) is 48.5 Å². The molecule has 0 unspecified atom stereocenters. The maximum Gasteiger partial charge on any atom is 0.271 e. The Morgan fingerprint density at radius 3 is 2.35 bits per heavy atom. The number of carbonyl (C=O) groups is 1. The van der Waals surface area contributed by atoms with Crippen molar-refractivity contribution in [3.63, 3.8) is 0 Å². The van der Waals surface area contributed by atoms with Gasteiger partial charge in [0.1, 0.15) is 18.9 Å². The minimum atomic E-state index is -3.83. The van der Waals surface area contributed by atoms with E-state index in [4.69, 9.17) is 4.74 Å². The van der Waals surface area contributed by atoms with Gasteiger partial charge in [-0.05, 0) is 29.2 Å². The van der Waals surface area contributed by atoms with E-state index >= 15 is 0 Å². The molecule has 0 spiro atoms. The summed E-state index contributed by atoms with van der Waals surface area (Å²) in [4.78, 5) is 22.6. The van der Waals surface area contributed by atoms with Crippen LogP contribution in [0.4, 0.5) is 11.4 Å². The average molecular weight is 450 g/mol.